The van der Waals surface area contributed by atoms with E-state index in [1.807, 2.05) is 25.1 Å². The number of hydrogen-bond donors (Lipinski definition) is 1. The maximum atomic E-state index is 10.5. The minimum atomic E-state index is -0.743. The van der Waals surface area contributed by atoms with Crippen molar-refractivity contribution in [2.24, 2.45) is 0 Å². The molecular formula is C16H14Cl2O2. The van der Waals surface area contributed by atoms with E-state index in [0.29, 0.717) is 15.6 Å². The quantitative estimate of drug-likeness (QED) is 0.891. The van der Waals surface area contributed by atoms with Gasteiger partial charge in [0.1, 0.15) is 18.0 Å². The highest BCUT2D eigenvalue weighted by Gasteiger charge is 2.21. The molecule has 2 atom stereocenters. The molecule has 1 aliphatic rings. The van der Waals surface area contributed by atoms with Gasteiger partial charge in [-0.1, -0.05) is 29.3 Å². The summed E-state index contributed by atoms with van der Waals surface area (Å²) in [5, 5.41) is 11.5. The van der Waals surface area contributed by atoms with Crippen molar-refractivity contribution < 1.29 is 9.84 Å². The molecule has 3 rings (SSSR count). The Labute approximate surface area is 127 Å². The van der Waals surface area contributed by atoms with Gasteiger partial charge < -0.3 is 9.84 Å². The highest BCUT2D eigenvalue weighted by atomic mass is 35.5. The van der Waals surface area contributed by atoms with E-state index in [1.54, 1.807) is 18.2 Å². The Hall–Kier alpha value is -1.22. The molecular weight excluding hydrogens is 295 g/mol. The summed E-state index contributed by atoms with van der Waals surface area (Å²) < 4.78 is 5.66. The molecule has 1 heterocycles. The monoisotopic (exact) mass is 308 g/mol. The number of aliphatic hydroxyl groups excluding tert-OH is 1. The van der Waals surface area contributed by atoms with Crippen LogP contribution in [0.15, 0.2) is 36.4 Å². The summed E-state index contributed by atoms with van der Waals surface area (Å²) in [6, 6.07) is 10.9. The smallest absolute Gasteiger partial charge is 0.123 e. The lowest BCUT2D eigenvalue weighted by atomic mass is 9.98. The fraction of sp³-hybridized carbons (Fsp3) is 0.250. The second-order valence-corrected chi connectivity index (χ2v) is 5.98. The van der Waals surface area contributed by atoms with E-state index < -0.39 is 6.10 Å². The Kier molecular flexibility index (Phi) is 3.63. The highest BCUT2D eigenvalue weighted by molar-refractivity contribution is 6.34. The molecule has 1 aliphatic heterocycles. The Balaban J connectivity index is 1.95. The van der Waals surface area contributed by atoms with Gasteiger partial charge in [-0.2, -0.15) is 0 Å². The summed E-state index contributed by atoms with van der Waals surface area (Å²) in [6.45, 7) is 2.03. The zero-order valence-corrected chi connectivity index (χ0v) is 12.4. The number of rotatable bonds is 2. The SMILES string of the molecule is CC1Cc2cc(C(O)c3cc(Cl)cc(Cl)c3)ccc2O1. The van der Waals surface area contributed by atoms with Crippen LogP contribution in [0.2, 0.25) is 10.0 Å². The fourth-order valence-corrected chi connectivity index (χ4v) is 3.08. The minimum absolute atomic E-state index is 0.193. The predicted molar refractivity (Wildman–Crippen MR) is 80.8 cm³/mol. The molecule has 0 bridgehead atoms. The third-order valence-corrected chi connectivity index (χ3v) is 3.87. The van der Waals surface area contributed by atoms with Crippen LogP contribution in [0.25, 0.3) is 0 Å². The van der Waals surface area contributed by atoms with Gasteiger partial charge in [0.25, 0.3) is 0 Å². The van der Waals surface area contributed by atoms with Gasteiger partial charge in [0.2, 0.25) is 0 Å². The summed E-state index contributed by atoms with van der Waals surface area (Å²) in [6.07, 6.45) is 0.317. The Morgan fingerprint density at radius 2 is 1.80 bits per heavy atom. The van der Waals surface area contributed by atoms with Crippen LogP contribution in [-0.2, 0) is 6.42 Å². The van der Waals surface area contributed by atoms with Crippen LogP contribution in [0.3, 0.4) is 0 Å². The second-order valence-electron chi connectivity index (χ2n) is 5.11. The number of aliphatic hydroxyl groups is 1. The summed E-state index contributed by atoms with van der Waals surface area (Å²) in [5.74, 6) is 0.901. The molecule has 104 valence electrons. The number of hydrogen-bond acceptors (Lipinski definition) is 2. The van der Waals surface area contributed by atoms with Gasteiger partial charge in [0, 0.05) is 16.5 Å². The molecule has 0 radical (unpaired) electrons. The molecule has 1 N–H and O–H groups in total. The molecule has 2 nitrogen and oxygen atoms in total. The van der Waals surface area contributed by atoms with Crippen molar-refractivity contribution in [3.8, 4) is 5.75 Å². The largest absolute Gasteiger partial charge is 0.490 e. The van der Waals surface area contributed by atoms with Crippen molar-refractivity contribution in [3.63, 3.8) is 0 Å². The molecule has 0 amide bonds. The van der Waals surface area contributed by atoms with Crippen LogP contribution in [0.5, 0.6) is 5.75 Å². The van der Waals surface area contributed by atoms with Crippen LogP contribution in [0.4, 0.5) is 0 Å². The molecule has 0 aromatic heterocycles. The van der Waals surface area contributed by atoms with E-state index in [2.05, 4.69) is 0 Å². The van der Waals surface area contributed by atoms with E-state index in [0.717, 1.165) is 23.3 Å². The lowest BCUT2D eigenvalue weighted by Gasteiger charge is -2.13. The van der Waals surface area contributed by atoms with E-state index in [9.17, 15) is 5.11 Å². The predicted octanol–water partition coefficient (Wildman–Crippen LogP) is 4.40. The standard InChI is InChI=1S/C16H14Cl2O2/c1-9-4-11-5-10(2-3-15(11)20-9)16(19)12-6-13(17)8-14(18)7-12/h2-3,5-9,16,19H,4H2,1H3. The first-order valence-corrected chi connectivity index (χ1v) is 7.22. The lowest BCUT2D eigenvalue weighted by molar-refractivity contribution is 0.220. The zero-order chi connectivity index (χ0) is 14.3. The lowest BCUT2D eigenvalue weighted by Crippen LogP contribution is -2.05. The van der Waals surface area contributed by atoms with Crippen LogP contribution in [0.1, 0.15) is 29.7 Å². The van der Waals surface area contributed by atoms with Crippen LogP contribution in [0, 0.1) is 0 Å². The summed E-state index contributed by atoms with van der Waals surface area (Å²) in [4.78, 5) is 0. The van der Waals surface area contributed by atoms with E-state index >= 15 is 0 Å². The van der Waals surface area contributed by atoms with Gasteiger partial charge in [0.15, 0.2) is 0 Å². The third kappa shape index (κ3) is 2.64. The van der Waals surface area contributed by atoms with Gasteiger partial charge in [-0.15, -0.1) is 0 Å². The average Bonchev–Trinajstić information content (AvgIpc) is 2.75. The number of benzene rings is 2. The number of halogens is 2. The number of fused-ring (bicyclic) bond motifs is 1. The van der Waals surface area contributed by atoms with Crippen molar-refractivity contribution in [2.45, 2.75) is 25.6 Å². The van der Waals surface area contributed by atoms with Gasteiger partial charge in [-0.05, 0) is 53.9 Å². The van der Waals surface area contributed by atoms with Crippen molar-refractivity contribution in [1.82, 2.24) is 0 Å². The maximum Gasteiger partial charge on any atom is 0.123 e. The normalized spacial score (nSPS) is 18.5. The zero-order valence-electron chi connectivity index (χ0n) is 10.9. The highest BCUT2D eigenvalue weighted by Crippen LogP contribution is 2.34. The first-order valence-electron chi connectivity index (χ1n) is 6.46. The van der Waals surface area contributed by atoms with Crippen LogP contribution in [-0.4, -0.2) is 11.2 Å². The van der Waals surface area contributed by atoms with Gasteiger partial charge in [0.05, 0.1) is 0 Å². The van der Waals surface area contributed by atoms with E-state index in [-0.39, 0.29) is 6.10 Å². The minimum Gasteiger partial charge on any atom is -0.490 e. The van der Waals surface area contributed by atoms with Crippen molar-refractivity contribution in [1.29, 1.82) is 0 Å². The van der Waals surface area contributed by atoms with Crippen molar-refractivity contribution in [3.05, 3.63) is 63.1 Å². The molecule has 0 spiro atoms. The van der Waals surface area contributed by atoms with E-state index in [4.69, 9.17) is 27.9 Å². The second kappa shape index (κ2) is 5.28. The molecule has 0 fully saturated rings. The first-order chi connectivity index (χ1) is 9.52. The molecule has 2 aromatic rings. The molecule has 2 unspecified atom stereocenters. The summed E-state index contributed by atoms with van der Waals surface area (Å²) in [7, 11) is 0. The van der Waals surface area contributed by atoms with Gasteiger partial charge in [-0.25, -0.2) is 0 Å². The van der Waals surface area contributed by atoms with Gasteiger partial charge in [-0.3, -0.25) is 0 Å². The average molecular weight is 309 g/mol. The Morgan fingerprint density at radius 1 is 1.10 bits per heavy atom. The molecule has 0 saturated carbocycles. The van der Waals surface area contributed by atoms with Crippen molar-refractivity contribution in [2.75, 3.05) is 0 Å². The number of ether oxygens (including phenoxy) is 1. The summed E-state index contributed by atoms with van der Waals surface area (Å²) >= 11 is 12.0. The Morgan fingerprint density at radius 3 is 2.50 bits per heavy atom. The third-order valence-electron chi connectivity index (χ3n) is 3.44. The summed E-state index contributed by atoms with van der Waals surface area (Å²) in [5.41, 5.74) is 2.64. The molecule has 4 heteroatoms. The van der Waals surface area contributed by atoms with Gasteiger partial charge >= 0.3 is 0 Å². The molecule has 20 heavy (non-hydrogen) atoms. The van der Waals surface area contributed by atoms with Crippen LogP contribution >= 0.6 is 23.2 Å². The molecule has 0 saturated heterocycles. The van der Waals surface area contributed by atoms with Crippen molar-refractivity contribution >= 4 is 23.2 Å². The molecule has 2 aromatic carbocycles. The first kappa shape index (κ1) is 13.7. The van der Waals surface area contributed by atoms with E-state index in [1.165, 1.54) is 0 Å². The van der Waals surface area contributed by atoms with Crippen LogP contribution < -0.4 is 4.74 Å². The molecule has 0 aliphatic carbocycles. The Bertz CT molecular complexity index is 635. The fourth-order valence-electron chi connectivity index (χ4n) is 2.54. The maximum absolute atomic E-state index is 10.5. The topological polar surface area (TPSA) is 29.5 Å².